The summed E-state index contributed by atoms with van der Waals surface area (Å²) in [7, 11) is 0. The van der Waals surface area contributed by atoms with Crippen LogP contribution in [0.25, 0.3) is 0 Å². The molecule has 6 heteroatoms. The molecule has 1 fully saturated rings. The smallest absolute Gasteiger partial charge is 0.422 e. The second-order valence-electron chi connectivity index (χ2n) is 4.49. The molecule has 1 aromatic rings. The number of hydrogen-bond acceptors (Lipinski definition) is 3. The summed E-state index contributed by atoms with van der Waals surface area (Å²) in [6.07, 6.45) is -0.509. The van der Waals surface area contributed by atoms with E-state index in [1.165, 1.54) is 6.07 Å². The van der Waals surface area contributed by atoms with E-state index in [1.807, 2.05) is 0 Å². The van der Waals surface area contributed by atoms with Gasteiger partial charge in [0.15, 0.2) is 6.61 Å². The minimum Gasteiger partial charge on any atom is -0.484 e. The van der Waals surface area contributed by atoms with Gasteiger partial charge in [-0.1, -0.05) is 0 Å². The van der Waals surface area contributed by atoms with Gasteiger partial charge in [0.25, 0.3) is 0 Å². The molecule has 100 valence electrons. The summed E-state index contributed by atoms with van der Waals surface area (Å²) >= 11 is 0. The molecule has 0 spiro atoms. The van der Waals surface area contributed by atoms with E-state index in [4.69, 9.17) is 4.74 Å². The lowest BCUT2D eigenvalue weighted by Gasteiger charge is -2.13. The molecule has 1 N–H and O–H groups in total. The number of aromatic nitrogens is 1. The van der Waals surface area contributed by atoms with Crippen LogP contribution in [-0.4, -0.2) is 23.8 Å². The molecule has 0 aromatic carbocycles. The Morgan fingerprint density at radius 3 is 2.78 bits per heavy atom. The van der Waals surface area contributed by atoms with Crippen LogP contribution < -0.4 is 10.1 Å². The van der Waals surface area contributed by atoms with Gasteiger partial charge in [-0.25, -0.2) is 0 Å². The molecule has 1 heterocycles. The summed E-state index contributed by atoms with van der Waals surface area (Å²) < 4.78 is 41.3. The van der Waals surface area contributed by atoms with Crippen molar-refractivity contribution < 1.29 is 17.9 Å². The Kier molecular flexibility index (Phi) is 3.75. The minimum absolute atomic E-state index is 0.257. The monoisotopic (exact) mass is 260 g/mol. The lowest BCUT2D eigenvalue weighted by Crippen LogP contribution is -2.21. The van der Waals surface area contributed by atoms with Crippen LogP contribution in [0.15, 0.2) is 12.3 Å². The Hall–Kier alpha value is -1.30. The Morgan fingerprint density at radius 2 is 2.17 bits per heavy atom. The predicted octanol–water partition coefficient (Wildman–Crippen LogP) is 2.58. The molecule has 3 nitrogen and oxygen atoms in total. The van der Waals surface area contributed by atoms with Crippen molar-refractivity contribution in [3.05, 3.63) is 23.5 Å². The van der Waals surface area contributed by atoms with Gasteiger partial charge in [-0.2, -0.15) is 13.2 Å². The van der Waals surface area contributed by atoms with Gasteiger partial charge in [0, 0.05) is 36.1 Å². The second-order valence-corrected chi connectivity index (χ2v) is 4.49. The summed E-state index contributed by atoms with van der Waals surface area (Å²) in [5.41, 5.74) is 1.30. The molecule has 0 bridgehead atoms. The Labute approximate surface area is 103 Å². The number of pyridine rings is 1. The quantitative estimate of drug-likeness (QED) is 0.883. The largest absolute Gasteiger partial charge is 0.484 e. The maximum Gasteiger partial charge on any atom is 0.422 e. The second kappa shape index (κ2) is 5.14. The molecule has 0 unspecified atom stereocenters. The number of halogens is 3. The number of ether oxygens (including phenoxy) is 1. The zero-order valence-corrected chi connectivity index (χ0v) is 10.0. The van der Waals surface area contributed by atoms with Crippen molar-refractivity contribution >= 4 is 0 Å². The zero-order chi connectivity index (χ0) is 13.2. The summed E-state index contributed by atoms with van der Waals surface area (Å²) in [5.74, 6) is 0.257. The summed E-state index contributed by atoms with van der Waals surface area (Å²) in [6.45, 7) is 0.941. The Bertz CT molecular complexity index is 416. The summed E-state index contributed by atoms with van der Waals surface area (Å²) in [4.78, 5) is 4.08. The first-order chi connectivity index (χ1) is 8.44. The molecule has 1 aromatic heterocycles. The average molecular weight is 260 g/mol. The third-order valence-corrected chi connectivity index (χ3v) is 2.63. The van der Waals surface area contributed by atoms with E-state index in [-0.39, 0.29) is 5.75 Å². The van der Waals surface area contributed by atoms with E-state index in [0.29, 0.717) is 23.8 Å². The molecular formula is C12H15F3N2O. The standard InChI is InChI=1S/C12H15F3N2O/c1-8-4-11(18-7-12(13,14)15)9(5-16-8)6-17-10-2-3-10/h4-5,10,17H,2-3,6-7H2,1H3. The number of aryl methyl sites for hydroxylation is 1. The minimum atomic E-state index is -4.32. The van der Waals surface area contributed by atoms with Crippen molar-refractivity contribution in [2.75, 3.05) is 6.61 Å². The first kappa shape index (κ1) is 13.1. The van der Waals surface area contributed by atoms with Gasteiger partial charge < -0.3 is 10.1 Å². The van der Waals surface area contributed by atoms with Crippen molar-refractivity contribution in [2.45, 2.75) is 38.5 Å². The van der Waals surface area contributed by atoms with Gasteiger partial charge >= 0.3 is 6.18 Å². The Morgan fingerprint density at radius 1 is 1.44 bits per heavy atom. The molecule has 0 radical (unpaired) electrons. The fourth-order valence-corrected chi connectivity index (χ4v) is 1.53. The van der Waals surface area contributed by atoms with E-state index >= 15 is 0 Å². The number of nitrogens with zero attached hydrogens (tertiary/aromatic N) is 1. The van der Waals surface area contributed by atoms with Gasteiger partial charge in [-0.05, 0) is 19.8 Å². The van der Waals surface area contributed by atoms with Crippen molar-refractivity contribution in [1.82, 2.24) is 10.3 Å². The van der Waals surface area contributed by atoms with Crippen LogP contribution in [-0.2, 0) is 6.54 Å². The van der Waals surface area contributed by atoms with Crippen LogP contribution in [0.5, 0.6) is 5.75 Å². The number of rotatable bonds is 5. The highest BCUT2D eigenvalue weighted by Gasteiger charge is 2.29. The lowest BCUT2D eigenvalue weighted by atomic mass is 10.2. The third-order valence-electron chi connectivity index (χ3n) is 2.63. The highest BCUT2D eigenvalue weighted by molar-refractivity contribution is 5.33. The van der Waals surface area contributed by atoms with Crippen LogP contribution in [0.3, 0.4) is 0 Å². The van der Waals surface area contributed by atoms with Gasteiger partial charge in [0.2, 0.25) is 0 Å². The van der Waals surface area contributed by atoms with E-state index in [1.54, 1.807) is 13.1 Å². The molecule has 1 aliphatic carbocycles. The van der Waals surface area contributed by atoms with Crippen LogP contribution in [0.2, 0.25) is 0 Å². The first-order valence-electron chi connectivity index (χ1n) is 5.82. The van der Waals surface area contributed by atoms with Gasteiger partial charge in [-0.3, -0.25) is 4.98 Å². The molecule has 1 saturated carbocycles. The van der Waals surface area contributed by atoms with Crippen molar-refractivity contribution in [2.24, 2.45) is 0 Å². The molecule has 18 heavy (non-hydrogen) atoms. The molecule has 0 amide bonds. The summed E-state index contributed by atoms with van der Waals surface area (Å²) in [6, 6.07) is 2.03. The lowest BCUT2D eigenvalue weighted by molar-refractivity contribution is -0.153. The third kappa shape index (κ3) is 4.18. The number of nitrogens with one attached hydrogen (secondary N) is 1. The topological polar surface area (TPSA) is 34.1 Å². The van der Waals surface area contributed by atoms with Crippen molar-refractivity contribution in [1.29, 1.82) is 0 Å². The van der Waals surface area contributed by atoms with E-state index in [9.17, 15) is 13.2 Å². The first-order valence-corrected chi connectivity index (χ1v) is 5.82. The van der Waals surface area contributed by atoms with Gasteiger partial charge in [0.05, 0.1) is 0 Å². The van der Waals surface area contributed by atoms with Gasteiger partial charge in [0.1, 0.15) is 5.75 Å². The SMILES string of the molecule is Cc1cc(OCC(F)(F)F)c(CNC2CC2)cn1. The average Bonchev–Trinajstić information content (AvgIpc) is 3.08. The van der Waals surface area contributed by atoms with Crippen LogP contribution in [0, 0.1) is 6.92 Å². The Balaban J connectivity index is 2.02. The number of alkyl halides is 3. The highest BCUT2D eigenvalue weighted by atomic mass is 19.4. The molecule has 2 rings (SSSR count). The maximum atomic E-state index is 12.1. The molecule has 0 saturated heterocycles. The zero-order valence-electron chi connectivity index (χ0n) is 10.0. The number of hydrogen-bond donors (Lipinski definition) is 1. The maximum absolute atomic E-state index is 12.1. The molecule has 1 aliphatic rings. The van der Waals surface area contributed by atoms with Crippen LogP contribution >= 0.6 is 0 Å². The molecule has 0 atom stereocenters. The predicted molar refractivity (Wildman–Crippen MR) is 60.4 cm³/mol. The fraction of sp³-hybridized carbons (Fsp3) is 0.583. The van der Waals surface area contributed by atoms with Crippen LogP contribution in [0.1, 0.15) is 24.1 Å². The molecule has 0 aliphatic heterocycles. The van der Waals surface area contributed by atoms with E-state index in [2.05, 4.69) is 10.3 Å². The normalized spacial score (nSPS) is 15.8. The van der Waals surface area contributed by atoms with Crippen LogP contribution in [0.4, 0.5) is 13.2 Å². The fourth-order valence-electron chi connectivity index (χ4n) is 1.53. The van der Waals surface area contributed by atoms with Crippen molar-refractivity contribution in [3.8, 4) is 5.75 Å². The summed E-state index contributed by atoms with van der Waals surface area (Å²) in [5, 5.41) is 3.23. The van der Waals surface area contributed by atoms with E-state index < -0.39 is 12.8 Å². The van der Waals surface area contributed by atoms with Crippen molar-refractivity contribution in [3.63, 3.8) is 0 Å². The van der Waals surface area contributed by atoms with E-state index in [0.717, 1.165) is 12.8 Å². The van der Waals surface area contributed by atoms with Gasteiger partial charge in [-0.15, -0.1) is 0 Å². The molecular weight excluding hydrogens is 245 g/mol. The highest BCUT2D eigenvalue weighted by Crippen LogP contribution is 2.24.